The Hall–Kier alpha value is -4.66. The van der Waals surface area contributed by atoms with Gasteiger partial charge in [-0.25, -0.2) is 4.39 Å². The second-order valence-electron chi connectivity index (χ2n) is 7.81. The van der Waals surface area contributed by atoms with Crippen molar-refractivity contribution in [1.29, 1.82) is 0 Å². The Balaban J connectivity index is 1.48. The number of aryl methyl sites for hydroxylation is 2. The third-order valence-electron chi connectivity index (χ3n) is 5.01. The van der Waals surface area contributed by atoms with Gasteiger partial charge in [0, 0.05) is 12.1 Å². The van der Waals surface area contributed by atoms with Crippen molar-refractivity contribution in [2.24, 2.45) is 0 Å². The van der Waals surface area contributed by atoms with Crippen molar-refractivity contribution in [2.75, 3.05) is 5.32 Å². The highest BCUT2D eigenvalue weighted by atomic mass is 19.1. The van der Waals surface area contributed by atoms with E-state index in [1.165, 1.54) is 48.5 Å². The fraction of sp³-hybridized carbons (Fsp3) is 0.115. The van der Waals surface area contributed by atoms with Gasteiger partial charge < -0.3 is 19.2 Å². The van der Waals surface area contributed by atoms with Crippen LogP contribution in [-0.2, 0) is 6.61 Å². The number of anilines is 1. The van der Waals surface area contributed by atoms with Gasteiger partial charge in [-0.15, -0.1) is 0 Å². The molecule has 35 heavy (non-hydrogen) atoms. The largest absolute Gasteiger partial charge is 0.486 e. The fourth-order valence-electron chi connectivity index (χ4n) is 3.22. The Labute approximate surface area is 200 Å². The highest BCUT2D eigenvalue weighted by Crippen LogP contribution is 2.32. The number of nitro benzene ring substituents is 1. The summed E-state index contributed by atoms with van der Waals surface area (Å²) < 4.78 is 29.9. The Morgan fingerprint density at radius 3 is 2.51 bits per heavy atom. The molecular weight excluding hydrogens is 455 g/mol. The lowest BCUT2D eigenvalue weighted by Crippen LogP contribution is -2.11. The third-order valence-corrected chi connectivity index (χ3v) is 5.01. The lowest BCUT2D eigenvalue weighted by Gasteiger charge is -2.11. The maximum absolute atomic E-state index is 13.0. The van der Waals surface area contributed by atoms with E-state index in [1.54, 1.807) is 6.07 Å². The van der Waals surface area contributed by atoms with E-state index in [0.29, 0.717) is 17.3 Å². The number of benzene rings is 3. The summed E-state index contributed by atoms with van der Waals surface area (Å²) in [5.74, 6) is 0.593. The first-order valence-corrected chi connectivity index (χ1v) is 10.6. The minimum Gasteiger partial charge on any atom is -0.486 e. The number of carbonyl (C=O) groups is 1. The minimum absolute atomic E-state index is 0.00814. The smallest absolute Gasteiger partial charge is 0.291 e. The predicted molar refractivity (Wildman–Crippen MR) is 126 cm³/mol. The number of nitro groups is 1. The van der Waals surface area contributed by atoms with E-state index in [2.05, 4.69) is 5.32 Å². The van der Waals surface area contributed by atoms with E-state index in [1.807, 2.05) is 32.0 Å². The second kappa shape index (κ2) is 10.1. The van der Waals surface area contributed by atoms with Crippen LogP contribution in [0.5, 0.6) is 17.2 Å². The number of ether oxygens (including phenoxy) is 2. The molecule has 0 saturated carbocycles. The van der Waals surface area contributed by atoms with Crippen molar-refractivity contribution in [2.45, 2.75) is 20.5 Å². The molecule has 0 aliphatic heterocycles. The molecule has 4 aromatic rings. The SMILES string of the molecule is Cc1ccc(C)c(Oc2cc(NC(=O)c3ccc(COc4ccc(F)cc4)o3)cc([N+](=O)[O-])c2)c1. The first-order valence-electron chi connectivity index (χ1n) is 10.6. The zero-order chi connectivity index (χ0) is 24.9. The van der Waals surface area contributed by atoms with Crippen LogP contribution in [0.25, 0.3) is 0 Å². The lowest BCUT2D eigenvalue weighted by atomic mass is 10.1. The molecule has 3 aromatic carbocycles. The number of hydrogen-bond donors (Lipinski definition) is 1. The van der Waals surface area contributed by atoms with E-state index in [9.17, 15) is 19.3 Å². The predicted octanol–water partition coefficient (Wildman–Crippen LogP) is 6.57. The minimum atomic E-state index is -0.601. The number of halogens is 1. The van der Waals surface area contributed by atoms with E-state index in [-0.39, 0.29) is 35.3 Å². The maximum atomic E-state index is 13.0. The molecule has 0 spiro atoms. The molecule has 1 heterocycles. The van der Waals surface area contributed by atoms with Crippen LogP contribution in [-0.4, -0.2) is 10.8 Å². The Bertz CT molecular complexity index is 1380. The molecule has 0 bridgehead atoms. The van der Waals surface area contributed by atoms with Crippen LogP contribution < -0.4 is 14.8 Å². The molecule has 1 N–H and O–H groups in total. The third kappa shape index (κ3) is 6.02. The summed E-state index contributed by atoms with van der Waals surface area (Å²) in [6.07, 6.45) is 0. The molecule has 0 aliphatic rings. The summed E-state index contributed by atoms with van der Waals surface area (Å²) in [6.45, 7) is 3.81. The van der Waals surface area contributed by atoms with Gasteiger partial charge in [0.2, 0.25) is 0 Å². The summed E-state index contributed by atoms with van der Waals surface area (Å²) >= 11 is 0. The van der Waals surface area contributed by atoms with Crippen molar-refractivity contribution in [3.63, 3.8) is 0 Å². The number of non-ortho nitro benzene ring substituents is 1. The van der Waals surface area contributed by atoms with Gasteiger partial charge in [0.05, 0.1) is 16.7 Å². The summed E-state index contributed by atoms with van der Waals surface area (Å²) in [5, 5.41) is 14.0. The van der Waals surface area contributed by atoms with Crippen LogP contribution in [0.1, 0.15) is 27.4 Å². The molecule has 0 atom stereocenters. The molecule has 1 aromatic heterocycles. The standard InChI is InChI=1S/C26H21FN2O6/c1-16-3-4-17(2)25(11-16)35-23-13-19(12-20(14-23)29(31)32)28-26(30)24-10-9-22(34-24)15-33-21-7-5-18(27)6-8-21/h3-14H,15H2,1-2H3,(H,28,30). The summed E-state index contributed by atoms with van der Waals surface area (Å²) in [7, 11) is 0. The van der Waals surface area contributed by atoms with Crippen LogP contribution in [0.2, 0.25) is 0 Å². The molecule has 0 radical (unpaired) electrons. The molecule has 9 heteroatoms. The summed E-state index contributed by atoms with van der Waals surface area (Å²) in [4.78, 5) is 23.6. The normalized spacial score (nSPS) is 10.6. The Morgan fingerprint density at radius 2 is 1.77 bits per heavy atom. The molecule has 0 aliphatic carbocycles. The lowest BCUT2D eigenvalue weighted by molar-refractivity contribution is -0.384. The maximum Gasteiger partial charge on any atom is 0.291 e. The van der Waals surface area contributed by atoms with E-state index < -0.39 is 10.8 Å². The van der Waals surface area contributed by atoms with E-state index >= 15 is 0 Å². The molecule has 0 saturated heterocycles. The summed E-state index contributed by atoms with van der Waals surface area (Å²) in [5.41, 5.74) is 1.77. The zero-order valence-corrected chi connectivity index (χ0v) is 18.9. The quantitative estimate of drug-likeness (QED) is 0.228. The van der Waals surface area contributed by atoms with Crippen molar-refractivity contribution in [3.8, 4) is 17.2 Å². The molecule has 1 amide bonds. The average Bonchev–Trinajstić information content (AvgIpc) is 3.30. The first kappa shape index (κ1) is 23.5. The van der Waals surface area contributed by atoms with Crippen molar-refractivity contribution in [1.82, 2.24) is 0 Å². The number of furan rings is 1. The van der Waals surface area contributed by atoms with Crippen molar-refractivity contribution < 1.29 is 28.0 Å². The summed E-state index contributed by atoms with van der Waals surface area (Å²) in [6, 6.07) is 18.2. The highest BCUT2D eigenvalue weighted by molar-refractivity contribution is 6.02. The number of nitrogens with one attached hydrogen (secondary N) is 1. The Morgan fingerprint density at radius 1 is 1.00 bits per heavy atom. The Kier molecular flexibility index (Phi) is 6.77. The van der Waals surface area contributed by atoms with Crippen LogP contribution in [0.15, 0.2) is 77.2 Å². The molecule has 0 fully saturated rings. The fourth-order valence-corrected chi connectivity index (χ4v) is 3.22. The van der Waals surface area contributed by atoms with Crippen molar-refractivity contribution >= 4 is 17.3 Å². The van der Waals surface area contributed by atoms with E-state index in [0.717, 1.165) is 11.1 Å². The molecule has 8 nitrogen and oxygen atoms in total. The van der Waals surface area contributed by atoms with Gasteiger partial charge in [0.1, 0.15) is 35.4 Å². The van der Waals surface area contributed by atoms with Crippen LogP contribution in [0.4, 0.5) is 15.8 Å². The number of nitrogens with zero attached hydrogens (tertiary/aromatic N) is 1. The molecule has 178 valence electrons. The number of amides is 1. The topological polar surface area (TPSA) is 104 Å². The van der Waals surface area contributed by atoms with Crippen LogP contribution in [0.3, 0.4) is 0 Å². The van der Waals surface area contributed by atoms with Gasteiger partial charge in [0.25, 0.3) is 11.6 Å². The second-order valence-corrected chi connectivity index (χ2v) is 7.81. The van der Waals surface area contributed by atoms with Crippen LogP contribution in [0, 0.1) is 29.8 Å². The van der Waals surface area contributed by atoms with Crippen LogP contribution >= 0.6 is 0 Å². The monoisotopic (exact) mass is 476 g/mol. The van der Waals surface area contributed by atoms with Gasteiger partial charge in [-0.1, -0.05) is 12.1 Å². The van der Waals surface area contributed by atoms with Crippen molar-refractivity contribution in [3.05, 3.63) is 111 Å². The number of hydrogen-bond acceptors (Lipinski definition) is 6. The molecule has 0 unspecified atom stereocenters. The molecular formula is C26H21FN2O6. The number of carbonyl (C=O) groups excluding carboxylic acids is 1. The van der Waals surface area contributed by atoms with E-state index in [4.69, 9.17) is 13.9 Å². The van der Waals surface area contributed by atoms with Gasteiger partial charge >= 0.3 is 0 Å². The molecule has 4 rings (SSSR count). The van der Waals surface area contributed by atoms with Gasteiger partial charge in [-0.3, -0.25) is 14.9 Å². The number of rotatable bonds is 8. The van der Waals surface area contributed by atoms with Gasteiger partial charge in [0.15, 0.2) is 5.76 Å². The highest BCUT2D eigenvalue weighted by Gasteiger charge is 2.17. The first-order chi connectivity index (χ1) is 16.8. The van der Waals surface area contributed by atoms with Gasteiger partial charge in [-0.2, -0.15) is 0 Å². The zero-order valence-electron chi connectivity index (χ0n) is 18.9. The van der Waals surface area contributed by atoms with Gasteiger partial charge in [-0.05, 0) is 67.4 Å². The average molecular weight is 476 g/mol.